The van der Waals surface area contributed by atoms with Crippen molar-refractivity contribution in [2.24, 2.45) is 4.99 Å². The highest BCUT2D eigenvalue weighted by atomic mass is 32.1. The molecule has 1 aromatic heterocycles. The van der Waals surface area contributed by atoms with E-state index < -0.39 is 16.9 Å². The minimum Gasteiger partial charge on any atom is -0.489 e. The summed E-state index contributed by atoms with van der Waals surface area (Å²) in [7, 11) is 0. The van der Waals surface area contributed by atoms with E-state index >= 15 is 0 Å². The molecule has 9 nitrogen and oxygen atoms in total. The molecule has 0 spiro atoms. The lowest BCUT2D eigenvalue weighted by atomic mass is 9.93. The molecule has 0 aliphatic carbocycles. The first-order valence-electron chi connectivity index (χ1n) is 13.9. The van der Waals surface area contributed by atoms with Crippen LogP contribution in [0.1, 0.15) is 61.9 Å². The molecule has 0 bridgehead atoms. The first-order valence-corrected chi connectivity index (χ1v) is 14.7. The molecule has 0 radical (unpaired) electrons. The molecule has 4 aromatic rings. The van der Waals surface area contributed by atoms with Gasteiger partial charge >= 0.3 is 5.97 Å². The summed E-state index contributed by atoms with van der Waals surface area (Å²) in [6, 6.07) is 20.8. The number of carbonyl (C=O) groups is 1. The van der Waals surface area contributed by atoms with E-state index in [1.165, 1.54) is 23.5 Å². The van der Waals surface area contributed by atoms with Crippen molar-refractivity contribution in [3.63, 3.8) is 0 Å². The van der Waals surface area contributed by atoms with Crippen molar-refractivity contribution in [2.45, 2.75) is 46.3 Å². The van der Waals surface area contributed by atoms with Gasteiger partial charge in [0.2, 0.25) is 0 Å². The Balaban J connectivity index is 1.50. The average Bonchev–Trinajstić information content (AvgIpc) is 3.29. The molecule has 43 heavy (non-hydrogen) atoms. The number of carbonyl (C=O) groups excluding carboxylic acids is 1. The largest absolute Gasteiger partial charge is 0.489 e. The molecule has 5 rings (SSSR count). The zero-order valence-electron chi connectivity index (χ0n) is 24.3. The Kier molecular flexibility index (Phi) is 8.68. The van der Waals surface area contributed by atoms with E-state index in [1.807, 2.05) is 42.5 Å². The fourth-order valence-corrected chi connectivity index (χ4v) is 5.94. The molecule has 0 unspecified atom stereocenters. The Hall–Kier alpha value is -4.83. The summed E-state index contributed by atoms with van der Waals surface area (Å²) in [6.45, 7) is 8.18. The lowest BCUT2D eigenvalue weighted by molar-refractivity contribution is -0.384. The number of nitro benzene ring substituents is 1. The molecule has 2 heterocycles. The Morgan fingerprint density at radius 1 is 1.12 bits per heavy atom. The molecule has 0 fully saturated rings. The van der Waals surface area contributed by atoms with Gasteiger partial charge in [-0.15, -0.1) is 0 Å². The van der Waals surface area contributed by atoms with Gasteiger partial charge in [-0.1, -0.05) is 61.6 Å². The number of nitrogens with zero attached hydrogens (tertiary/aromatic N) is 3. The number of benzene rings is 3. The van der Waals surface area contributed by atoms with Gasteiger partial charge < -0.3 is 9.47 Å². The number of allylic oxidation sites excluding steroid dienone is 1. The van der Waals surface area contributed by atoms with E-state index in [1.54, 1.807) is 42.7 Å². The average molecular weight is 598 g/mol. The Morgan fingerprint density at radius 2 is 1.84 bits per heavy atom. The topological polar surface area (TPSA) is 113 Å². The van der Waals surface area contributed by atoms with Crippen molar-refractivity contribution >= 4 is 29.1 Å². The molecule has 1 atom stereocenters. The highest BCUT2D eigenvalue weighted by Gasteiger charge is 2.33. The second-order valence-electron chi connectivity index (χ2n) is 10.4. The number of esters is 1. The maximum atomic E-state index is 13.9. The first kappa shape index (κ1) is 29.7. The molecule has 0 N–H and O–H groups in total. The minimum atomic E-state index is -0.671. The van der Waals surface area contributed by atoms with Crippen LogP contribution >= 0.6 is 11.3 Å². The van der Waals surface area contributed by atoms with Crippen LogP contribution < -0.4 is 19.6 Å². The number of non-ortho nitro benzene ring substituents is 1. The van der Waals surface area contributed by atoms with Crippen LogP contribution in [0.3, 0.4) is 0 Å². The van der Waals surface area contributed by atoms with Gasteiger partial charge in [-0.2, -0.15) is 0 Å². The molecular weight excluding hydrogens is 566 g/mol. The van der Waals surface area contributed by atoms with E-state index in [9.17, 15) is 19.7 Å². The van der Waals surface area contributed by atoms with Crippen molar-refractivity contribution in [1.29, 1.82) is 0 Å². The number of nitro groups is 1. The van der Waals surface area contributed by atoms with Crippen LogP contribution in [0, 0.1) is 10.1 Å². The molecule has 1 aliphatic heterocycles. The van der Waals surface area contributed by atoms with Crippen LogP contribution in [0.5, 0.6) is 5.75 Å². The van der Waals surface area contributed by atoms with Crippen LogP contribution in [0.2, 0.25) is 0 Å². The van der Waals surface area contributed by atoms with Gasteiger partial charge in [-0.05, 0) is 72.4 Å². The number of rotatable bonds is 9. The van der Waals surface area contributed by atoms with Gasteiger partial charge in [0.05, 0.1) is 33.4 Å². The first-order chi connectivity index (χ1) is 20.7. The highest BCUT2D eigenvalue weighted by molar-refractivity contribution is 7.07. The Morgan fingerprint density at radius 3 is 2.49 bits per heavy atom. The second kappa shape index (κ2) is 12.6. The fraction of sp³-hybridized carbons (Fsp3) is 0.242. The maximum absolute atomic E-state index is 13.9. The maximum Gasteiger partial charge on any atom is 0.338 e. The summed E-state index contributed by atoms with van der Waals surface area (Å²) in [6.07, 6.45) is 1.78. The molecular formula is C33H31N3O6S. The van der Waals surface area contributed by atoms with Gasteiger partial charge in [0.1, 0.15) is 12.4 Å². The van der Waals surface area contributed by atoms with Crippen molar-refractivity contribution in [3.8, 4) is 5.75 Å². The third kappa shape index (κ3) is 6.34. The number of hydrogen-bond donors (Lipinski definition) is 0. The lowest BCUT2D eigenvalue weighted by Gasteiger charge is -2.25. The number of hydrogen-bond acceptors (Lipinski definition) is 8. The second-order valence-corrected chi connectivity index (χ2v) is 11.4. The highest BCUT2D eigenvalue weighted by Crippen LogP contribution is 2.31. The van der Waals surface area contributed by atoms with Gasteiger partial charge in [0.25, 0.3) is 11.2 Å². The molecule has 0 amide bonds. The number of aromatic nitrogens is 1. The van der Waals surface area contributed by atoms with E-state index in [-0.39, 0.29) is 24.5 Å². The number of fused-ring (bicyclic) bond motifs is 1. The summed E-state index contributed by atoms with van der Waals surface area (Å²) < 4.78 is 13.3. The number of thiazole rings is 1. The fourth-order valence-electron chi connectivity index (χ4n) is 4.90. The normalized spacial score (nSPS) is 14.8. The van der Waals surface area contributed by atoms with Gasteiger partial charge in [0, 0.05) is 12.1 Å². The van der Waals surface area contributed by atoms with Crippen molar-refractivity contribution in [1.82, 2.24) is 4.57 Å². The predicted octanol–water partition coefficient (Wildman–Crippen LogP) is 5.41. The van der Waals surface area contributed by atoms with Gasteiger partial charge in [-0.25, -0.2) is 9.79 Å². The van der Waals surface area contributed by atoms with Crippen LogP contribution in [0.25, 0.3) is 6.08 Å². The van der Waals surface area contributed by atoms with E-state index in [4.69, 9.17) is 9.47 Å². The summed E-state index contributed by atoms with van der Waals surface area (Å²) in [5.74, 6) is 0.434. The molecule has 0 saturated heterocycles. The zero-order valence-corrected chi connectivity index (χ0v) is 25.1. The summed E-state index contributed by atoms with van der Waals surface area (Å²) in [5, 5.41) is 10.9. The van der Waals surface area contributed by atoms with Crippen molar-refractivity contribution in [3.05, 3.63) is 136 Å². The Bertz CT molecular complexity index is 1890. The lowest BCUT2D eigenvalue weighted by Crippen LogP contribution is -2.39. The standard InChI is InChI=1S/C33H31N3O6S/c1-5-41-32(38)29-21(4)34-33-35(30(29)25-13-11-24(12-14-25)20(2)3)31(37)28(43-33)18-23-7-6-8-27(17-23)42-19-22-9-15-26(16-10-22)36(39)40/h6-18,20,30H,5,19H2,1-4H3/b28-18-/t30-/m0/s1. The smallest absolute Gasteiger partial charge is 0.338 e. The van der Waals surface area contributed by atoms with Crippen molar-refractivity contribution in [2.75, 3.05) is 6.61 Å². The zero-order chi connectivity index (χ0) is 30.7. The summed E-state index contributed by atoms with van der Waals surface area (Å²) >= 11 is 1.26. The van der Waals surface area contributed by atoms with E-state index in [2.05, 4.69) is 18.8 Å². The molecule has 0 saturated carbocycles. The van der Waals surface area contributed by atoms with E-state index in [0.29, 0.717) is 32.3 Å². The third-order valence-electron chi connectivity index (χ3n) is 7.14. The molecule has 10 heteroatoms. The Labute approximate surface area is 252 Å². The molecule has 3 aromatic carbocycles. The van der Waals surface area contributed by atoms with Crippen LogP contribution in [0.4, 0.5) is 5.69 Å². The summed E-state index contributed by atoms with van der Waals surface area (Å²) in [4.78, 5) is 42.6. The van der Waals surface area contributed by atoms with Crippen LogP contribution in [-0.2, 0) is 16.1 Å². The van der Waals surface area contributed by atoms with Crippen molar-refractivity contribution < 1.29 is 19.2 Å². The monoisotopic (exact) mass is 597 g/mol. The minimum absolute atomic E-state index is 0.0200. The molecule has 220 valence electrons. The SMILES string of the molecule is CCOC(=O)C1=C(C)N=c2s/c(=C\c3cccc(OCc4ccc([N+](=O)[O-])cc4)c3)c(=O)n2[C@H]1c1ccc(C(C)C)cc1. The molecule has 1 aliphatic rings. The van der Waals surface area contributed by atoms with E-state index in [0.717, 1.165) is 22.3 Å². The summed E-state index contributed by atoms with van der Waals surface area (Å²) in [5.41, 5.74) is 4.13. The van der Waals surface area contributed by atoms with Crippen LogP contribution in [-0.4, -0.2) is 22.1 Å². The van der Waals surface area contributed by atoms with Gasteiger partial charge in [0.15, 0.2) is 4.80 Å². The predicted molar refractivity (Wildman–Crippen MR) is 165 cm³/mol. The number of ether oxygens (including phenoxy) is 2. The van der Waals surface area contributed by atoms with Gasteiger partial charge in [-0.3, -0.25) is 19.5 Å². The van der Waals surface area contributed by atoms with Crippen LogP contribution in [0.15, 0.2) is 93.9 Å². The third-order valence-corrected chi connectivity index (χ3v) is 8.13. The quantitative estimate of drug-likeness (QED) is 0.145.